The molecule has 1 fully saturated rings. The zero-order valence-corrected chi connectivity index (χ0v) is 22.6. The van der Waals surface area contributed by atoms with Gasteiger partial charge in [-0.1, -0.05) is 64.1 Å². The van der Waals surface area contributed by atoms with E-state index in [1.165, 1.54) is 48.9 Å². The van der Waals surface area contributed by atoms with Gasteiger partial charge in [-0.05, 0) is 106 Å². The molecule has 35 heavy (non-hydrogen) atoms. The Balaban J connectivity index is 1.44. The number of nitrogens with zero attached hydrogens (tertiary/aromatic N) is 1. The van der Waals surface area contributed by atoms with Crippen LogP contribution in [0.25, 0.3) is 0 Å². The molecule has 2 N–H and O–H groups in total. The van der Waals surface area contributed by atoms with E-state index in [4.69, 9.17) is 0 Å². The summed E-state index contributed by atoms with van der Waals surface area (Å²) < 4.78 is 0. The van der Waals surface area contributed by atoms with Gasteiger partial charge in [0, 0.05) is 17.6 Å². The van der Waals surface area contributed by atoms with Crippen LogP contribution < -0.4 is 10.6 Å². The van der Waals surface area contributed by atoms with Gasteiger partial charge in [-0.15, -0.1) is 0 Å². The molecule has 0 spiro atoms. The lowest BCUT2D eigenvalue weighted by atomic mass is 9.86. The number of benzene rings is 2. The molecule has 2 aromatic carbocycles. The first kappa shape index (κ1) is 27.4. The molecule has 1 unspecified atom stereocenters. The largest absolute Gasteiger partial charge is 0.326 e. The molecule has 1 aliphatic heterocycles. The Hall–Kier alpha value is -2.17. The van der Waals surface area contributed by atoms with Crippen molar-refractivity contribution in [3.63, 3.8) is 0 Å². The number of amides is 1. The van der Waals surface area contributed by atoms with Gasteiger partial charge >= 0.3 is 0 Å². The van der Waals surface area contributed by atoms with Crippen LogP contribution in [-0.4, -0.2) is 43.0 Å². The van der Waals surface area contributed by atoms with E-state index in [-0.39, 0.29) is 11.8 Å². The molecule has 4 heteroatoms. The molecule has 0 radical (unpaired) electrons. The van der Waals surface area contributed by atoms with Crippen LogP contribution >= 0.6 is 0 Å². The van der Waals surface area contributed by atoms with Crippen molar-refractivity contribution >= 4 is 11.6 Å². The SMILES string of the molecule is CCC(NCCCN1CCC(c2cc(NC(=O)C(C)C)ccc2C)CC1)[C@H](CC)c1ccccc1. The summed E-state index contributed by atoms with van der Waals surface area (Å²) >= 11 is 0. The van der Waals surface area contributed by atoms with Gasteiger partial charge in [0.1, 0.15) is 0 Å². The van der Waals surface area contributed by atoms with Crippen LogP contribution in [0.15, 0.2) is 48.5 Å². The minimum Gasteiger partial charge on any atom is -0.326 e. The number of carbonyl (C=O) groups excluding carboxylic acids is 1. The molecule has 2 atom stereocenters. The van der Waals surface area contributed by atoms with Crippen molar-refractivity contribution in [3.05, 3.63) is 65.2 Å². The van der Waals surface area contributed by atoms with E-state index in [1.54, 1.807) is 0 Å². The smallest absolute Gasteiger partial charge is 0.226 e. The topological polar surface area (TPSA) is 44.4 Å². The highest BCUT2D eigenvalue weighted by Gasteiger charge is 2.23. The monoisotopic (exact) mass is 477 g/mol. The van der Waals surface area contributed by atoms with Gasteiger partial charge in [-0.3, -0.25) is 4.79 Å². The molecule has 3 rings (SSSR count). The number of aryl methyl sites for hydroxylation is 1. The molecule has 0 saturated carbocycles. The lowest BCUT2D eigenvalue weighted by Gasteiger charge is -2.33. The van der Waals surface area contributed by atoms with Crippen molar-refractivity contribution in [3.8, 4) is 0 Å². The van der Waals surface area contributed by atoms with Gasteiger partial charge in [0.05, 0.1) is 0 Å². The van der Waals surface area contributed by atoms with Crippen molar-refractivity contribution < 1.29 is 4.79 Å². The number of piperidine rings is 1. The van der Waals surface area contributed by atoms with Crippen LogP contribution in [0.5, 0.6) is 0 Å². The third-order valence-corrected chi connectivity index (χ3v) is 7.75. The Kier molecular flexibility index (Phi) is 10.8. The van der Waals surface area contributed by atoms with Crippen molar-refractivity contribution in [1.29, 1.82) is 0 Å². The van der Waals surface area contributed by atoms with Gasteiger partial charge in [0.25, 0.3) is 0 Å². The lowest BCUT2D eigenvalue weighted by molar-refractivity contribution is -0.118. The van der Waals surface area contributed by atoms with E-state index in [9.17, 15) is 4.79 Å². The fourth-order valence-electron chi connectivity index (χ4n) is 5.53. The first-order valence-electron chi connectivity index (χ1n) is 13.8. The van der Waals surface area contributed by atoms with Gasteiger partial charge in [0.15, 0.2) is 0 Å². The predicted molar refractivity (Wildman–Crippen MR) is 149 cm³/mol. The Morgan fingerprint density at radius 3 is 2.37 bits per heavy atom. The number of carbonyl (C=O) groups is 1. The lowest BCUT2D eigenvalue weighted by Crippen LogP contribution is -2.38. The van der Waals surface area contributed by atoms with Crippen LogP contribution in [0.1, 0.15) is 88.3 Å². The predicted octanol–water partition coefficient (Wildman–Crippen LogP) is 6.72. The summed E-state index contributed by atoms with van der Waals surface area (Å²) in [6.07, 6.45) is 5.92. The first-order valence-corrected chi connectivity index (χ1v) is 13.8. The molecule has 4 nitrogen and oxygen atoms in total. The standard InChI is InChI=1S/C31H47N3O/c1-6-28(25-12-9-8-10-13-25)30(7-2)32-18-11-19-34-20-16-26(17-21-34)29-22-27(15-14-24(29)5)33-31(35)23(3)4/h8-10,12-15,22-23,26,28,30,32H,6-7,11,16-21H2,1-5H3,(H,33,35)/t28-,30?/m1/s1. The van der Waals surface area contributed by atoms with Crippen molar-refractivity contribution in [2.75, 3.05) is 31.5 Å². The van der Waals surface area contributed by atoms with E-state index in [0.717, 1.165) is 31.7 Å². The number of hydrogen-bond donors (Lipinski definition) is 2. The van der Waals surface area contributed by atoms with Gasteiger partial charge in [0.2, 0.25) is 5.91 Å². The number of likely N-dealkylation sites (tertiary alicyclic amines) is 1. The molecule has 1 amide bonds. The Labute approximate surface area is 213 Å². The normalized spacial score (nSPS) is 16.9. The fraction of sp³-hybridized carbons (Fsp3) is 0.581. The minimum atomic E-state index is -0.00344. The van der Waals surface area contributed by atoms with Crippen molar-refractivity contribution in [2.45, 2.75) is 84.6 Å². The number of hydrogen-bond acceptors (Lipinski definition) is 3. The average molecular weight is 478 g/mol. The highest BCUT2D eigenvalue weighted by Crippen LogP contribution is 2.32. The molecule has 192 valence electrons. The molecule has 0 aliphatic carbocycles. The fourth-order valence-corrected chi connectivity index (χ4v) is 5.53. The van der Waals surface area contributed by atoms with Crippen LogP contribution in [0.2, 0.25) is 0 Å². The number of nitrogens with one attached hydrogen (secondary N) is 2. The third kappa shape index (κ3) is 7.91. The summed E-state index contributed by atoms with van der Waals surface area (Å²) in [6.45, 7) is 15.2. The Morgan fingerprint density at radius 1 is 1.03 bits per heavy atom. The van der Waals surface area contributed by atoms with Crippen LogP contribution in [0, 0.1) is 12.8 Å². The van der Waals surface area contributed by atoms with Crippen LogP contribution in [-0.2, 0) is 4.79 Å². The zero-order chi connectivity index (χ0) is 25.2. The van der Waals surface area contributed by atoms with Crippen LogP contribution in [0.4, 0.5) is 5.69 Å². The van der Waals surface area contributed by atoms with E-state index in [1.807, 2.05) is 19.9 Å². The highest BCUT2D eigenvalue weighted by atomic mass is 16.1. The summed E-state index contributed by atoms with van der Waals surface area (Å²) in [7, 11) is 0. The molecule has 1 saturated heterocycles. The van der Waals surface area contributed by atoms with E-state index < -0.39 is 0 Å². The van der Waals surface area contributed by atoms with Crippen molar-refractivity contribution in [1.82, 2.24) is 10.2 Å². The highest BCUT2D eigenvalue weighted by molar-refractivity contribution is 5.92. The summed E-state index contributed by atoms with van der Waals surface area (Å²) in [5.41, 5.74) is 5.14. The second kappa shape index (κ2) is 13.8. The second-order valence-electron chi connectivity index (χ2n) is 10.6. The number of rotatable bonds is 12. The molecular weight excluding hydrogens is 430 g/mol. The molecule has 0 bridgehead atoms. The summed E-state index contributed by atoms with van der Waals surface area (Å²) in [6, 6.07) is 17.9. The van der Waals surface area contributed by atoms with Gasteiger partial charge in [-0.2, -0.15) is 0 Å². The average Bonchev–Trinajstić information content (AvgIpc) is 2.88. The molecule has 2 aromatic rings. The zero-order valence-electron chi connectivity index (χ0n) is 22.6. The first-order chi connectivity index (χ1) is 16.9. The molecule has 1 heterocycles. The maximum Gasteiger partial charge on any atom is 0.226 e. The van der Waals surface area contributed by atoms with E-state index >= 15 is 0 Å². The Bertz CT molecular complexity index is 903. The van der Waals surface area contributed by atoms with Gasteiger partial charge < -0.3 is 15.5 Å². The van der Waals surface area contributed by atoms with Crippen LogP contribution in [0.3, 0.4) is 0 Å². The maximum atomic E-state index is 12.1. The molecular formula is C31H47N3O. The maximum absolute atomic E-state index is 12.1. The Morgan fingerprint density at radius 2 is 1.74 bits per heavy atom. The molecule has 0 aromatic heterocycles. The van der Waals surface area contributed by atoms with Crippen molar-refractivity contribution in [2.24, 2.45) is 5.92 Å². The second-order valence-corrected chi connectivity index (χ2v) is 10.6. The van der Waals surface area contributed by atoms with E-state index in [0.29, 0.717) is 17.9 Å². The van der Waals surface area contributed by atoms with Gasteiger partial charge in [-0.25, -0.2) is 0 Å². The molecule has 1 aliphatic rings. The summed E-state index contributed by atoms with van der Waals surface area (Å²) in [4.78, 5) is 14.8. The van der Waals surface area contributed by atoms with E-state index in [2.05, 4.69) is 78.8 Å². The summed E-state index contributed by atoms with van der Waals surface area (Å²) in [5.74, 6) is 1.25. The summed E-state index contributed by atoms with van der Waals surface area (Å²) in [5, 5.41) is 6.94. The number of anilines is 1. The third-order valence-electron chi connectivity index (χ3n) is 7.75. The minimum absolute atomic E-state index is 0.00344. The quantitative estimate of drug-likeness (QED) is 0.334.